The molecular weight excluding hydrogens is 332 g/mol. The van der Waals surface area contributed by atoms with Crippen molar-refractivity contribution in [3.63, 3.8) is 0 Å². The normalized spacial score (nSPS) is 14.8. The van der Waals surface area contributed by atoms with Crippen LogP contribution in [0, 0.1) is 0 Å². The van der Waals surface area contributed by atoms with Crippen molar-refractivity contribution in [3.05, 3.63) is 28.2 Å². The lowest BCUT2D eigenvalue weighted by Crippen LogP contribution is -2.32. The van der Waals surface area contributed by atoms with Crippen LogP contribution in [-0.4, -0.2) is 36.5 Å². The Balaban J connectivity index is 1.90. The largest absolute Gasteiger partial charge is 0.484 e. The molecule has 116 valence electrons. The summed E-state index contributed by atoms with van der Waals surface area (Å²) in [6.45, 7) is 6.86. The van der Waals surface area contributed by atoms with Gasteiger partial charge in [-0.2, -0.15) is 0 Å². The first-order valence-corrected chi connectivity index (χ1v) is 8.28. The van der Waals surface area contributed by atoms with Gasteiger partial charge in [-0.1, -0.05) is 29.8 Å². The van der Waals surface area contributed by atoms with Crippen molar-refractivity contribution in [1.82, 2.24) is 10.2 Å². The number of benzene rings is 1. The van der Waals surface area contributed by atoms with E-state index in [1.807, 2.05) is 23.1 Å². The number of nitrogens with zero attached hydrogens (tertiary/aromatic N) is 1. The average Bonchev–Trinajstić information content (AvgIpc) is 2.98. The summed E-state index contributed by atoms with van der Waals surface area (Å²) in [4.78, 5) is 13.8. The zero-order valence-corrected chi connectivity index (χ0v) is 14.3. The number of carbonyl (C=O) groups excluding carboxylic acids is 1. The third-order valence-electron chi connectivity index (χ3n) is 3.54. The Labute approximate surface area is 135 Å². The molecule has 1 aromatic rings. The van der Waals surface area contributed by atoms with Gasteiger partial charge in [-0.25, -0.2) is 0 Å². The molecule has 1 fully saturated rings. The molecule has 0 saturated carbocycles. The van der Waals surface area contributed by atoms with Crippen LogP contribution in [0.4, 0.5) is 0 Å². The lowest BCUT2D eigenvalue weighted by Gasteiger charge is -2.16. The Hall–Kier alpha value is -1.07. The predicted octanol–water partition coefficient (Wildman–Crippen LogP) is 2.95. The van der Waals surface area contributed by atoms with Crippen LogP contribution in [0.1, 0.15) is 32.3 Å². The van der Waals surface area contributed by atoms with E-state index >= 15 is 0 Å². The minimum Gasteiger partial charge on any atom is -0.484 e. The molecule has 1 heterocycles. The fourth-order valence-electron chi connectivity index (χ4n) is 2.29. The maximum absolute atomic E-state index is 12.0. The average molecular weight is 355 g/mol. The molecule has 1 aromatic carbocycles. The van der Waals surface area contributed by atoms with Crippen LogP contribution in [0.15, 0.2) is 22.7 Å². The molecule has 0 bridgehead atoms. The minimum atomic E-state index is 0.0808. The Morgan fingerprint density at radius 2 is 2.10 bits per heavy atom. The molecule has 0 radical (unpaired) electrons. The first kappa shape index (κ1) is 16.3. The highest BCUT2D eigenvalue weighted by atomic mass is 79.9. The van der Waals surface area contributed by atoms with Crippen molar-refractivity contribution in [2.45, 2.75) is 39.3 Å². The summed E-state index contributed by atoms with van der Waals surface area (Å²) in [6.07, 6.45) is 2.21. The van der Waals surface area contributed by atoms with E-state index in [-0.39, 0.29) is 12.5 Å². The predicted molar refractivity (Wildman–Crippen MR) is 87.4 cm³/mol. The first-order chi connectivity index (χ1) is 10.1. The van der Waals surface area contributed by atoms with Crippen LogP contribution in [0.3, 0.4) is 0 Å². The van der Waals surface area contributed by atoms with E-state index in [0.717, 1.165) is 48.3 Å². The molecule has 21 heavy (non-hydrogen) atoms. The maximum Gasteiger partial charge on any atom is 0.260 e. The van der Waals surface area contributed by atoms with Crippen LogP contribution >= 0.6 is 15.9 Å². The molecule has 0 spiro atoms. The van der Waals surface area contributed by atoms with Gasteiger partial charge in [-0.15, -0.1) is 0 Å². The second-order valence-corrected chi connectivity index (χ2v) is 6.52. The Morgan fingerprint density at radius 3 is 2.76 bits per heavy atom. The standard InChI is InChI=1S/C16H23BrN2O2/c1-12(2)18-10-13-9-14(5-6-15(13)17)21-11-16(20)19-7-3-4-8-19/h5-6,9,12,18H,3-4,7-8,10-11H2,1-2H3. The van der Waals surface area contributed by atoms with Gasteiger partial charge in [0.1, 0.15) is 5.75 Å². The van der Waals surface area contributed by atoms with Gasteiger partial charge >= 0.3 is 0 Å². The molecule has 4 nitrogen and oxygen atoms in total. The lowest BCUT2D eigenvalue weighted by molar-refractivity contribution is -0.132. The van der Waals surface area contributed by atoms with E-state index in [1.165, 1.54) is 0 Å². The fraction of sp³-hybridized carbons (Fsp3) is 0.562. The third-order valence-corrected chi connectivity index (χ3v) is 4.31. The summed E-state index contributed by atoms with van der Waals surface area (Å²) in [5.41, 5.74) is 1.13. The van der Waals surface area contributed by atoms with Crippen molar-refractivity contribution >= 4 is 21.8 Å². The van der Waals surface area contributed by atoms with Gasteiger partial charge in [-0.3, -0.25) is 4.79 Å². The Bertz CT molecular complexity index is 485. The molecule has 1 saturated heterocycles. The van der Waals surface area contributed by atoms with Gasteiger partial charge in [0.15, 0.2) is 6.61 Å². The van der Waals surface area contributed by atoms with E-state index < -0.39 is 0 Å². The third kappa shape index (κ3) is 5.00. The quantitative estimate of drug-likeness (QED) is 0.853. The SMILES string of the molecule is CC(C)NCc1cc(OCC(=O)N2CCCC2)ccc1Br. The molecule has 2 rings (SSSR count). The minimum absolute atomic E-state index is 0.0808. The van der Waals surface area contributed by atoms with Crippen molar-refractivity contribution < 1.29 is 9.53 Å². The smallest absolute Gasteiger partial charge is 0.260 e. The molecule has 1 amide bonds. The molecule has 0 aliphatic carbocycles. The summed E-state index contributed by atoms with van der Waals surface area (Å²) in [6, 6.07) is 6.27. The number of carbonyl (C=O) groups is 1. The van der Waals surface area contributed by atoms with Gasteiger partial charge in [0, 0.05) is 30.1 Å². The summed E-state index contributed by atoms with van der Waals surface area (Å²) in [7, 11) is 0. The molecule has 1 N–H and O–H groups in total. The molecule has 5 heteroatoms. The van der Waals surface area contributed by atoms with Gasteiger partial charge in [0.2, 0.25) is 0 Å². The van der Waals surface area contributed by atoms with Crippen molar-refractivity contribution in [1.29, 1.82) is 0 Å². The van der Waals surface area contributed by atoms with Gasteiger partial charge in [-0.05, 0) is 36.6 Å². The molecule has 1 aliphatic heterocycles. The van der Waals surface area contributed by atoms with Gasteiger partial charge < -0.3 is 15.0 Å². The number of nitrogens with one attached hydrogen (secondary N) is 1. The number of hydrogen-bond acceptors (Lipinski definition) is 3. The monoisotopic (exact) mass is 354 g/mol. The highest BCUT2D eigenvalue weighted by Crippen LogP contribution is 2.23. The number of likely N-dealkylation sites (tertiary alicyclic amines) is 1. The van der Waals surface area contributed by atoms with E-state index in [1.54, 1.807) is 0 Å². The number of hydrogen-bond donors (Lipinski definition) is 1. The van der Waals surface area contributed by atoms with Gasteiger partial charge in [0.25, 0.3) is 5.91 Å². The van der Waals surface area contributed by atoms with Crippen LogP contribution < -0.4 is 10.1 Å². The number of amides is 1. The molecule has 0 atom stereocenters. The van der Waals surface area contributed by atoms with E-state index in [9.17, 15) is 4.79 Å². The molecule has 0 unspecified atom stereocenters. The highest BCUT2D eigenvalue weighted by molar-refractivity contribution is 9.10. The summed E-state index contributed by atoms with van der Waals surface area (Å²) >= 11 is 3.54. The second kappa shape index (κ2) is 7.80. The Morgan fingerprint density at radius 1 is 1.38 bits per heavy atom. The highest BCUT2D eigenvalue weighted by Gasteiger charge is 2.18. The second-order valence-electron chi connectivity index (χ2n) is 5.67. The molecule has 1 aliphatic rings. The topological polar surface area (TPSA) is 41.6 Å². The van der Waals surface area contributed by atoms with E-state index in [0.29, 0.717) is 6.04 Å². The zero-order chi connectivity index (χ0) is 15.2. The zero-order valence-electron chi connectivity index (χ0n) is 12.7. The van der Waals surface area contributed by atoms with Crippen LogP contribution in [-0.2, 0) is 11.3 Å². The summed E-state index contributed by atoms with van der Waals surface area (Å²) in [5, 5.41) is 3.38. The summed E-state index contributed by atoms with van der Waals surface area (Å²) < 4.78 is 6.69. The van der Waals surface area contributed by atoms with E-state index in [4.69, 9.17) is 4.74 Å². The number of ether oxygens (including phenoxy) is 1. The Kier molecular flexibility index (Phi) is 6.06. The number of rotatable bonds is 6. The van der Waals surface area contributed by atoms with Crippen LogP contribution in [0.5, 0.6) is 5.75 Å². The van der Waals surface area contributed by atoms with Gasteiger partial charge in [0.05, 0.1) is 0 Å². The fourth-order valence-corrected chi connectivity index (χ4v) is 2.68. The van der Waals surface area contributed by atoms with Crippen LogP contribution in [0.2, 0.25) is 0 Å². The van der Waals surface area contributed by atoms with Crippen molar-refractivity contribution in [2.75, 3.05) is 19.7 Å². The van der Waals surface area contributed by atoms with E-state index in [2.05, 4.69) is 35.1 Å². The van der Waals surface area contributed by atoms with Crippen molar-refractivity contribution in [2.24, 2.45) is 0 Å². The molecule has 0 aromatic heterocycles. The van der Waals surface area contributed by atoms with Crippen LogP contribution in [0.25, 0.3) is 0 Å². The summed E-state index contributed by atoms with van der Waals surface area (Å²) in [5.74, 6) is 0.823. The van der Waals surface area contributed by atoms with Crippen molar-refractivity contribution in [3.8, 4) is 5.75 Å². The number of halogens is 1. The first-order valence-electron chi connectivity index (χ1n) is 7.48. The maximum atomic E-state index is 12.0. The lowest BCUT2D eigenvalue weighted by atomic mass is 10.2. The molecular formula is C16H23BrN2O2.